The summed E-state index contributed by atoms with van der Waals surface area (Å²) in [4.78, 5) is 0. The van der Waals surface area contributed by atoms with Crippen molar-refractivity contribution in [2.24, 2.45) is 5.84 Å². The average molecular weight is 304 g/mol. The van der Waals surface area contributed by atoms with E-state index in [4.69, 9.17) is 17.4 Å². The monoisotopic (exact) mass is 302 g/mol. The summed E-state index contributed by atoms with van der Waals surface area (Å²) in [5, 5.41) is 0.709. The molecule has 0 saturated carbocycles. The first-order chi connectivity index (χ1) is 7.58. The molecule has 1 atom stereocenters. The normalized spacial score (nSPS) is 12.5. The van der Waals surface area contributed by atoms with E-state index in [1.165, 1.54) is 5.57 Å². The molecule has 0 amide bonds. The van der Waals surface area contributed by atoms with Crippen molar-refractivity contribution < 1.29 is 0 Å². The molecule has 0 bridgehead atoms. The maximum atomic E-state index is 5.90. The summed E-state index contributed by atoms with van der Waals surface area (Å²) in [6.45, 7) is 6.09. The quantitative estimate of drug-likeness (QED) is 0.491. The van der Waals surface area contributed by atoms with Crippen LogP contribution in [0.5, 0.6) is 0 Å². The smallest absolute Gasteiger partial charge is 0.0508 e. The largest absolute Gasteiger partial charge is 0.271 e. The van der Waals surface area contributed by atoms with Gasteiger partial charge in [0.25, 0.3) is 0 Å². The molecule has 0 aliphatic carbocycles. The van der Waals surface area contributed by atoms with E-state index >= 15 is 0 Å². The van der Waals surface area contributed by atoms with Gasteiger partial charge in [0.2, 0.25) is 0 Å². The van der Waals surface area contributed by atoms with Crippen LogP contribution in [0.2, 0.25) is 5.02 Å². The van der Waals surface area contributed by atoms with E-state index in [2.05, 4.69) is 34.9 Å². The van der Waals surface area contributed by atoms with E-state index in [1.54, 1.807) is 0 Å². The molecule has 0 heterocycles. The summed E-state index contributed by atoms with van der Waals surface area (Å²) in [5.41, 5.74) is 5.08. The topological polar surface area (TPSA) is 38.0 Å². The lowest BCUT2D eigenvalue weighted by Gasteiger charge is -2.18. The number of halogens is 2. The Morgan fingerprint density at radius 1 is 1.62 bits per heavy atom. The Hall–Kier alpha value is -0.350. The Labute approximate surface area is 110 Å². The minimum atomic E-state index is 0.0686. The summed E-state index contributed by atoms with van der Waals surface area (Å²) in [6.07, 6.45) is 1.79. The molecule has 0 radical (unpaired) electrons. The van der Waals surface area contributed by atoms with Gasteiger partial charge in [0.15, 0.2) is 0 Å². The number of hydrogen-bond acceptors (Lipinski definition) is 2. The average Bonchev–Trinajstić information content (AvgIpc) is 2.26. The first kappa shape index (κ1) is 13.7. The van der Waals surface area contributed by atoms with Crippen LogP contribution in [-0.2, 0) is 0 Å². The first-order valence-corrected chi connectivity index (χ1v) is 6.33. The molecule has 16 heavy (non-hydrogen) atoms. The Balaban J connectivity index is 2.90. The van der Waals surface area contributed by atoms with Gasteiger partial charge in [-0.15, -0.1) is 0 Å². The highest BCUT2D eigenvalue weighted by Crippen LogP contribution is 2.29. The lowest BCUT2D eigenvalue weighted by Crippen LogP contribution is -2.28. The van der Waals surface area contributed by atoms with Crippen LogP contribution in [0, 0.1) is 0 Å². The maximum Gasteiger partial charge on any atom is 0.0508 e. The van der Waals surface area contributed by atoms with Gasteiger partial charge < -0.3 is 0 Å². The van der Waals surface area contributed by atoms with Crippen LogP contribution in [0.3, 0.4) is 0 Å². The third kappa shape index (κ3) is 3.59. The predicted octanol–water partition coefficient (Wildman–Crippen LogP) is 3.96. The minimum absolute atomic E-state index is 0.0686. The van der Waals surface area contributed by atoms with Gasteiger partial charge in [-0.1, -0.05) is 52.7 Å². The second kappa shape index (κ2) is 6.40. The Morgan fingerprint density at radius 3 is 2.81 bits per heavy atom. The van der Waals surface area contributed by atoms with Crippen LogP contribution in [-0.4, -0.2) is 0 Å². The molecule has 1 unspecified atom stereocenters. The molecule has 0 aliphatic rings. The van der Waals surface area contributed by atoms with Crippen molar-refractivity contribution >= 4 is 27.5 Å². The van der Waals surface area contributed by atoms with Gasteiger partial charge in [0, 0.05) is 9.50 Å². The molecule has 4 heteroatoms. The highest BCUT2D eigenvalue weighted by atomic mass is 79.9. The van der Waals surface area contributed by atoms with Gasteiger partial charge in [-0.25, -0.2) is 0 Å². The third-order valence-corrected chi connectivity index (χ3v) is 3.45. The molecule has 2 nitrogen and oxygen atoms in total. The Morgan fingerprint density at radius 2 is 2.31 bits per heavy atom. The van der Waals surface area contributed by atoms with Gasteiger partial charge in [0.05, 0.1) is 6.04 Å². The van der Waals surface area contributed by atoms with Crippen LogP contribution in [0.15, 0.2) is 34.8 Å². The first-order valence-electron chi connectivity index (χ1n) is 5.16. The predicted molar refractivity (Wildman–Crippen MR) is 73.3 cm³/mol. The van der Waals surface area contributed by atoms with Crippen molar-refractivity contribution in [3.8, 4) is 0 Å². The molecule has 0 spiro atoms. The fourth-order valence-corrected chi connectivity index (χ4v) is 2.43. The zero-order valence-electron chi connectivity index (χ0n) is 9.26. The van der Waals surface area contributed by atoms with Crippen LogP contribution >= 0.6 is 27.5 Å². The van der Waals surface area contributed by atoms with E-state index in [9.17, 15) is 0 Å². The zero-order chi connectivity index (χ0) is 12.1. The highest BCUT2D eigenvalue weighted by molar-refractivity contribution is 9.10. The molecule has 1 aromatic carbocycles. The van der Waals surface area contributed by atoms with E-state index < -0.39 is 0 Å². The van der Waals surface area contributed by atoms with E-state index in [0.29, 0.717) is 5.02 Å². The lowest BCUT2D eigenvalue weighted by molar-refractivity contribution is 0.543. The van der Waals surface area contributed by atoms with Crippen molar-refractivity contribution in [3.63, 3.8) is 0 Å². The molecule has 1 rings (SSSR count). The molecule has 88 valence electrons. The second-order valence-electron chi connectivity index (χ2n) is 3.69. The van der Waals surface area contributed by atoms with Gasteiger partial charge in [-0.2, -0.15) is 0 Å². The maximum absolute atomic E-state index is 5.90. The summed E-state index contributed by atoms with van der Waals surface area (Å²) in [7, 11) is 0. The number of rotatable bonds is 5. The lowest BCUT2D eigenvalue weighted by atomic mass is 9.99. The summed E-state index contributed by atoms with van der Waals surface area (Å²) in [6, 6.07) is 5.77. The molecule has 0 aliphatic heterocycles. The molecular formula is C12H16BrClN2. The van der Waals surface area contributed by atoms with Crippen LogP contribution in [0.4, 0.5) is 0 Å². The van der Waals surface area contributed by atoms with Crippen LogP contribution < -0.4 is 11.3 Å². The van der Waals surface area contributed by atoms with E-state index in [-0.39, 0.29) is 6.04 Å². The fraction of sp³-hybridized carbons (Fsp3) is 0.333. The molecule has 3 N–H and O–H groups in total. The van der Waals surface area contributed by atoms with E-state index in [1.807, 2.05) is 18.2 Å². The Kier molecular flexibility index (Phi) is 5.49. The number of nitrogens with one attached hydrogen (secondary N) is 1. The molecular weight excluding hydrogens is 288 g/mol. The highest BCUT2D eigenvalue weighted by Gasteiger charge is 2.13. The van der Waals surface area contributed by atoms with Crippen molar-refractivity contribution in [1.29, 1.82) is 0 Å². The molecule has 0 aromatic heterocycles. The molecule has 0 fully saturated rings. The summed E-state index contributed by atoms with van der Waals surface area (Å²) in [5.74, 6) is 5.57. The van der Waals surface area contributed by atoms with Crippen molar-refractivity contribution in [2.75, 3.05) is 0 Å². The van der Waals surface area contributed by atoms with Crippen LogP contribution in [0.25, 0.3) is 0 Å². The number of hydrazine groups is 1. The van der Waals surface area contributed by atoms with Gasteiger partial charge in [-0.3, -0.25) is 11.3 Å². The summed E-state index contributed by atoms with van der Waals surface area (Å²) >= 11 is 9.39. The van der Waals surface area contributed by atoms with Crippen molar-refractivity contribution in [3.05, 3.63) is 45.4 Å². The third-order valence-electron chi connectivity index (χ3n) is 2.53. The van der Waals surface area contributed by atoms with Gasteiger partial charge >= 0.3 is 0 Å². The summed E-state index contributed by atoms with van der Waals surface area (Å²) < 4.78 is 0.965. The second-order valence-corrected chi connectivity index (χ2v) is 4.98. The molecule has 1 aromatic rings. The number of hydrogen-bond donors (Lipinski definition) is 2. The zero-order valence-corrected chi connectivity index (χ0v) is 11.6. The SMILES string of the molecule is C=C(CC)CC(NN)c1ccc(Cl)cc1Br. The fourth-order valence-electron chi connectivity index (χ4n) is 1.48. The van der Waals surface area contributed by atoms with Gasteiger partial charge in [0.1, 0.15) is 0 Å². The Bertz CT molecular complexity index is 379. The van der Waals surface area contributed by atoms with Crippen LogP contribution in [0.1, 0.15) is 31.4 Å². The van der Waals surface area contributed by atoms with Gasteiger partial charge in [-0.05, 0) is 30.5 Å². The number of nitrogens with two attached hydrogens (primary N) is 1. The number of benzene rings is 1. The minimum Gasteiger partial charge on any atom is -0.271 e. The van der Waals surface area contributed by atoms with E-state index in [0.717, 1.165) is 22.9 Å². The van der Waals surface area contributed by atoms with Crippen molar-refractivity contribution in [2.45, 2.75) is 25.8 Å². The standard InChI is InChI=1S/C12H16BrClN2/c1-3-8(2)6-12(16-15)10-5-4-9(14)7-11(10)13/h4-5,7,12,16H,2-3,6,15H2,1H3. The van der Waals surface area contributed by atoms with Crippen molar-refractivity contribution in [1.82, 2.24) is 5.43 Å². The molecule has 0 saturated heterocycles.